The zero-order valence-electron chi connectivity index (χ0n) is 13.6. The fourth-order valence-corrected chi connectivity index (χ4v) is 3.02. The zero-order valence-corrected chi connectivity index (χ0v) is 13.6. The van der Waals surface area contributed by atoms with Crippen LogP contribution in [0.15, 0.2) is 42.5 Å². The number of hydrogen-bond acceptors (Lipinski definition) is 3. The summed E-state index contributed by atoms with van der Waals surface area (Å²) in [5, 5.41) is 21.9. The van der Waals surface area contributed by atoms with E-state index in [2.05, 4.69) is 5.32 Å². The van der Waals surface area contributed by atoms with E-state index in [1.54, 1.807) is 6.07 Å². The average Bonchev–Trinajstić information content (AvgIpc) is 3.04. The summed E-state index contributed by atoms with van der Waals surface area (Å²) in [6.07, 6.45) is -3.78. The summed E-state index contributed by atoms with van der Waals surface area (Å²) >= 11 is 0. The third-order valence-corrected chi connectivity index (χ3v) is 4.39. The molecule has 2 amide bonds. The lowest BCUT2D eigenvalue weighted by molar-refractivity contribution is -0.137. The van der Waals surface area contributed by atoms with E-state index in [1.807, 2.05) is 0 Å². The summed E-state index contributed by atoms with van der Waals surface area (Å²) in [4.78, 5) is 13.8. The Hall–Kier alpha value is -2.90. The van der Waals surface area contributed by atoms with Gasteiger partial charge in [-0.3, -0.25) is 0 Å². The van der Waals surface area contributed by atoms with Gasteiger partial charge in [-0.1, -0.05) is 6.07 Å². The minimum Gasteiger partial charge on any atom is -0.508 e. The van der Waals surface area contributed by atoms with E-state index in [9.17, 15) is 28.2 Å². The van der Waals surface area contributed by atoms with Crippen molar-refractivity contribution in [2.75, 3.05) is 18.4 Å². The lowest BCUT2D eigenvalue weighted by Gasteiger charge is -2.18. The van der Waals surface area contributed by atoms with E-state index in [-0.39, 0.29) is 23.1 Å². The molecule has 8 heteroatoms. The highest BCUT2D eigenvalue weighted by molar-refractivity contribution is 5.89. The number of phenolic OH excluding ortho intramolecular Hbond substituents is 2. The van der Waals surface area contributed by atoms with Crippen molar-refractivity contribution < 1.29 is 28.2 Å². The van der Waals surface area contributed by atoms with Crippen LogP contribution in [0.2, 0.25) is 0 Å². The molecule has 0 spiro atoms. The summed E-state index contributed by atoms with van der Waals surface area (Å²) in [5.74, 6) is -0.143. The van der Waals surface area contributed by atoms with Gasteiger partial charge in [-0.15, -0.1) is 0 Å². The topological polar surface area (TPSA) is 72.8 Å². The predicted molar refractivity (Wildman–Crippen MR) is 89.2 cm³/mol. The first kappa shape index (κ1) is 17.9. The molecule has 1 aliphatic rings. The van der Waals surface area contributed by atoms with E-state index >= 15 is 0 Å². The van der Waals surface area contributed by atoms with Crippen molar-refractivity contribution in [3.63, 3.8) is 0 Å². The van der Waals surface area contributed by atoms with Gasteiger partial charge >= 0.3 is 12.2 Å². The minimum absolute atomic E-state index is 0.0278. The third kappa shape index (κ3) is 3.84. The fraction of sp³-hybridized carbons (Fsp3) is 0.278. The molecule has 138 valence electrons. The van der Waals surface area contributed by atoms with Crippen LogP contribution >= 0.6 is 0 Å². The van der Waals surface area contributed by atoms with E-state index in [4.69, 9.17) is 0 Å². The van der Waals surface area contributed by atoms with Crippen LogP contribution in [0.25, 0.3) is 0 Å². The summed E-state index contributed by atoms with van der Waals surface area (Å²) in [5.41, 5.74) is 0.145. The molecule has 1 saturated heterocycles. The van der Waals surface area contributed by atoms with E-state index < -0.39 is 17.8 Å². The first-order valence-corrected chi connectivity index (χ1v) is 7.99. The normalized spacial score (nSPS) is 17.3. The van der Waals surface area contributed by atoms with E-state index in [1.165, 1.54) is 29.2 Å². The third-order valence-electron chi connectivity index (χ3n) is 4.39. The van der Waals surface area contributed by atoms with Gasteiger partial charge in [0.25, 0.3) is 0 Å². The standard InChI is InChI=1S/C18H17F3N2O3/c19-18(20,21)12-1-3-13(4-2-12)22-17(26)23-8-7-11(10-23)15-6-5-14(24)9-16(15)25/h1-6,9,11,24-25H,7-8,10H2,(H,22,26). The first-order chi connectivity index (χ1) is 12.2. The molecule has 0 bridgehead atoms. The van der Waals surface area contributed by atoms with Gasteiger partial charge in [0.15, 0.2) is 0 Å². The molecule has 1 unspecified atom stereocenters. The molecule has 1 heterocycles. The smallest absolute Gasteiger partial charge is 0.416 e. The van der Waals surface area contributed by atoms with Gasteiger partial charge in [0.1, 0.15) is 11.5 Å². The Morgan fingerprint density at radius 1 is 1.12 bits per heavy atom. The fourth-order valence-electron chi connectivity index (χ4n) is 3.02. The molecule has 0 aliphatic carbocycles. The van der Waals surface area contributed by atoms with Crippen molar-refractivity contribution in [2.45, 2.75) is 18.5 Å². The Bertz CT molecular complexity index is 806. The van der Waals surface area contributed by atoms with Crippen molar-refractivity contribution in [1.82, 2.24) is 4.90 Å². The maximum atomic E-state index is 12.6. The Labute approximate surface area is 147 Å². The molecule has 1 aliphatic heterocycles. The van der Waals surface area contributed by atoms with E-state index in [0.717, 1.165) is 12.1 Å². The molecule has 2 aromatic rings. The van der Waals surface area contributed by atoms with Crippen molar-refractivity contribution in [1.29, 1.82) is 0 Å². The molecular weight excluding hydrogens is 349 g/mol. The molecule has 0 saturated carbocycles. The number of aromatic hydroxyl groups is 2. The number of nitrogens with zero attached hydrogens (tertiary/aromatic N) is 1. The Morgan fingerprint density at radius 3 is 2.42 bits per heavy atom. The van der Waals surface area contributed by atoms with Crippen molar-refractivity contribution in [2.24, 2.45) is 0 Å². The number of likely N-dealkylation sites (tertiary alicyclic amines) is 1. The van der Waals surface area contributed by atoms with Crippen LogP contribution in [0, 0.1) is 0 Å². The zero-order chi connectivity index (χ0) is 18.9. The molecule has 0 radical (unpaired) electrons. The molecule has 2 aromatic carbocycles. The van der Waals surface area contributed by atoms with Gasteiger partial charge < -0.3 is 20.4 Å². The number of phenols is 2. The van der Waals surface area contributed by atoms with Crippen molar-refractivity contribution >= 4 is 11.7 Å². The molecule has 5 nitrogen and oxygen atoms in total. The monoisotopic (exact) mass is 366 g/mol. The largest absolute Gasteiger partial charge is 0.508 e. The Balaban J connectivity index is 1.63. The number of anilines is 1. The highest BCUT2D eigenvalue weighted by Gasteiger charge is 2.31. The first-order valence-electron chi connectivity index (χ1n) is 7.99. The lowest BCUT2D eigenvalue weighted by Crippen LogP contribution is -2.32. The van der Waals surface area contributed by atoms with Gasteiger partial charge in [0, 0.05) is 30.8 Å². The van der Waals surface area contributed by atoms with Gasteiger partial charge in [-0.25, -0.2) is 4.79 Å². The molecule has 3 rings (SSSR count). The van der Waals surface area contributed by atoms with Crippen molar-refractivity contribution in [3.05, 3.63) is 53.6 Å². The molecular formula is C18H17F3N2O3. The quantitative estimate of drug-likeness (QED) is 0.748. The SMILES string of the molecule is O=C(Nc1ccc(C(F)(F)F)cc1)N1CCC(c2ccc(O)cc2O)C1. The second-order valence-electron chi connectivity index (χ2n) is 6.18. The van der Waals surface area contributed by atoms with Crippen LogP contribution in [0.5, 0.6) is 11.5 Å². The minimum atomic E-state index is -4.42. The van der Waals surface area contributed by atoms with Gasteiger partial charge in [0.05, 0.1) is 5.56 Å². The van der Waals surface area contributed by atoms with Crippen LogP contribution in [0.1, 0.15) is 23.5 Å². The number of amides is 2. The Kier molecular flexibility index (Phi) is 4.67. The molecule has 3 N–H and O–H groups in total. The number of alkyl halides is 3. The number of carbonyl (C=O) groups is 1. The number of carbonyl (C=O) groups excluding carboxylic acids is 1. The number of rotatable bonds is 2. The predicted octanol–water partition coefficient (Wildman–Crippen LogP) is 4.14. The number of hydrogen-bond donors (Lipinski definition) is 3. The highest BCUT2D eigenvalue weighted by Crippen LogP contribution is 2.35. The number of halogens is 3. The van der Waals surface area contributed by atoms with Gasteiger partial charge in [-0.2, -0.15) is 13.2 Å². The highest BCUT2D eigenvalue weighted by atomic mass is 19.4. The molecule has 26 heavy (non-hydrogen) atoms. The van der Waals surface area contributed by atoms with Crippen LogP contribution in [-0.4, -0.2) is 34.2 Å². The number of nitrogens with one attached hydrogen (secondary N) is 1. The van der Waals surface area contributed by atoms with Gasteiger partial charge in [-0.05, 0) is 42.3 Å². The second-order valence-corrected chi connectivity index (χ2v) is 6.18. The van der Waals surface area contributed by atoms with E-state index in [0.29, 0.717) is 25.1 Å². The number of urea groups is 1. The summed E-state index contributed by atoms with van der Waals surface area (Å²) in [6, 6.07) is 8.17. The van der Waals surface area contributed by atoms with Crippen LogP contribution in [0.3, 0.4) is 0 Å². The summed E-state index contributed by atoms with van der Waals surface area (Å²) in [7, 11) is 0. The maximum Gasteiger partial charge on any atom is 0.416 e. The Morgan fingerprint density at radius 2 is 1.81 bits per heavy atom. The van der Waals surface area contributed by atoms with Crippen LogP contribution in [0.4, 0.5) is 23.7 Å². The summed E-state index contributed by atoms with van der Waals surface area (Å²) < 4.78 is 37.7. The summed E-state index contributed by atoms with van der Waals surface area (Å²) in [6.45, 7) is 0.822. The maximum absolute atomic E-state index is 12.6. The lowest BCUT2D eigenvalue weighted by atomic mass is 9.97. The molecule has 0 aromatic heterocycles. The van der Waals surface area contributed by atoms with Crippen LogP contribution in [-0.2, 0) is 6.18 Å². The van der Waals surface area contributed by atoms with Crippen LogP contribution < -0.4 is 5.32 Å². The molecule has 1 atom stereocenters. The number of benzene rings is 2. The second kappa shape index (κ2) is 6.78. The van der Waals surface area contributed by atoms with Gasteiger partial charge in [0.2, 0.25) is 0 Å². The molecule has 1 fully saturated rings. The average molecular weight is 366 g/mol. The van der Waals surface area contributed by atoms with Crippen molar-refractivity contribution in [3.8, 4) is 11.5 Å².